The van der Waals surface area contributed by atoms with Crippen molar-refractivity contribution >= 4 is 0 Å². The molecule has 0 rings (SSSR count). The molecule has 0 aliphatic rings. The minimum absolute atomic E-state index is 0.0913. The Morgan fingerprint density at radius 1 is 0.941 bits per heavy atom. The molecule has 4 heteroatoms. The third kappa shape index (κ3) is 4.92. The van der Waals surface area contributed by atoms with Gasteiger partial charge in [0.05, 0.1) is 5.92 Å². The quantitative estimate of drug-likeness (QED) is 0.553. The standard InChI is InChI=1S/C13H28O4/c1-8(2)9(3)7-13(16,17)10(11(14)15)12(4,5)6/h8-11,14-17H,7H2,1-6H3. The summed E-state index contributed by atoms with van der Waals surface area (Å²) < 4.78 is 0. The van der Waals surface area contributed by atoms with E-state index in [4.69, 9.17) is 0 Å². The van der Waals surface area contributed by atoms with Crippen molar-refractivity contribution in [3.05, 3.63) is 0 Å². The Hall–Kier alpha value is -0.160. The third-order valence-corrected chi connectivity index (χ3v) is 3.49. The van der Waals surface area contributed by atoms with Crippen LogP contribution >= 0.6 is 0 Å². The van der Waals surface area contributed by atoms with Gasteiger partial charge in [0.1, 0.15) is 0 Å². The van der Waals surface area contributed by atoms with Crippen LogP contribution in [0.2, 0.25) is 0 Å². The van der Waals surface area contributed by atoms with Gasteiger partial charge in [0.15, 0.2) is 12.1 Å². The molecule has 0 saturated carbocycles. The summed E-state index contributed by atoms with van der Waals surface area (Å²) in [7, 11) is 0. The first-order valence-electron chi connectivity index (χ1n) is 6.20. The highest BCUT2D eigenvalue weighted by Crippen LogP contribution is 2.39. The van der Waals surface area contributed by atoms with Gasteiger partial charge in [-0.3, -0.25) is 0 Å². The molecule has 4 N–H and O–H groups in total. The van der Waals surface area contributed by atoms with Crippen molar-refractivity contribution in [2.75, 3.05) is 0 Å². The van der Waals surface area contributed by atoms with Crippen LogP contribution < -0.4 is 0 Å². The molecule has 17 heavy (non-hydrogen) atoms. The molecule has 0 saturated heterocycles. The molecule has 0 amide bonds. The lowest BCUT2D eigenvalue weighted by Gasteiger charge is -2.42. The average molecular weight is 248 g/mol. The minimum Gasteiger partial charge on any atom is -0.368 e. The lowest BCUT2D eigenvalue weighted by atomic mass is 9.72. The van der Waals surface area contributed by atoms with Gasteiger partial charge in [0.2, 0.25) is 0 Å². The summed E-state index contributed by atoms with van der Waals surface area (Å²) in [6.45, 7) is 11.2. The Bertz CT molecular complexity index is 228. The molecular formula is C13H28O4. The largest absolute Gasteiger partial charge is 0.368 e. The van der Waals surface area contributed by atoms with E-state index >= 15 is 0 Å². The number of rotatable bonds is 5. The third-order valence-electron chi connectivity index (χ3n) is 3.49. The van der Waals surface area contributed by atoms with Crippen LogP contribution in [0.3, 0.4) is 0 Å². The molecule has 0 radical (unpaired) electrons. The van der Waals surface area contributed by atoms with Crippen molar-refractivity contribution in [3.63, 3.8) is 0 Å². The van der Waals surface area contributed by atoms with Crippen molar-refractivity contribution in [2.24, 2.45) is 23.2 Å². The average Bonchev–Trinajstić information content (AvgIpc) is 1.96. The first kappa shape index (κ1) is 16.8. The van der Waals surface area contributed by atoms with Gasteiger partial charge in [0.25, 0.3) is 0 Å². The van der Waals surface area contributed by atoms with Gasteiger partial charge in [-0.1, -0.05) is 41.5 Å². The van der Waals surface area contributed by atoms with Crippen LogP contribution in [-0.4, -0.2) is 32.5 Å². The minimum atomic E-state index is -2.07. The Kier molecular flexibility index (Phi) is 5.60. The summed E-state index contributed by atoms with van der Waals surface area (Å²) in [5.74, 6) is -2.68. The molecule has 0 aromatic heterocycles. The Morgan fingerprint density at radius 3 is 1.59 bits per heavy atom. The number of hydrogen-bond acceptors (Lipinski definition) is 4. The van der Waals surface area contributed by atoms with Crippen LogP contribution in [0.15, 0.2) is 0 Å². The highest BCUT2D eigenvalue weighted by Gasteiger charge is 2.46. The van der Waals surface area contributed by atoms with Gasteiger partial charge in [-0.25, -0.2) is 0 Å². The summed E-state index contributed by atoms with van der Waals surface area (Å²) in [5, 5.41) is 39.0. The zero-order valence-electron chi connectivity index (χ0n) is 11.8. The van der Waals surface area contributed by atoms with Crippen LogP contribution in [0.1, 0.15) is 48.0 Å². The molecule has 2 atom stereocenters. The van der Waals surface area contributed by atoms with Crippen molar-refractivity contribution in [1.29, 1.82) is 0 Å². The number of aliphatic hydroxyl groups excluding tert-OH is 1. The second-order valence-corrected chi connectivity index (χ2v) is 6.56. The van der Waals surface area contributed by atoms with E-state index < -0.39 is 23.4 Å². The summed E-state index contributed by atoms with van der Waals surface area (Å²) in [6, 6.07) is 0. The van der Waals surface area contributed by atoms with E-state index in [1.807, 2.05) is 20.8 Å². The summed E-state index contributed by atoms with van der Waals surface area (Å²) in [6.07, 6.45) is -1.62. The molecule has 0 aliphatic heterocycles. The molecular weight excluding hydrogens is 220 g/mol. The molecule has 2 unspecified atom stereocenters. The van der Waals surface area contributed by atoms with Crippen LogP contribution in [0, 0.1) is 23.2 Å². The molecule has 0 bridgehead atoms. The van der Waals surface area contributed by atoms with E-state index in [0.29, 0.717) is 5.92 Å². The van der Waals surface area contributed by atoms with Gasteiger partial charge in [-0.05, 0) is 17.3 Å². The molecule has 0 aromatic carbocycles. The topological polar surface area (TPSA) is 80.9 Å². The van der Waals surface area contributed by atoms with Crippen molar-refractivity contribution in [1.82, 2.24) is 0 Å². The summed E-state index contributed by atoms with van der Waals surface area (Å²) in [4.78, 5) is 0. The smallest absolute Gasteiger partial charge is 0.171 e. The maximum atomic E-state index is 10.1. The van der Waals surface area contributed by atoms with Crippen molar-refractivity contribution < 1.29 is 20.4 Å². The Morgan fingerprint density at radius 2 is 1.35 bits per heavy atom. The highest BCUT2D eigenvalue weighted by molar-refractivity contribution is 4.88. The molecule has 104 valence electrons. The predicted octanol–water partition coefficient (Wildman–Crippen LogP) is 1.32. The van der Waals surface area contributed by atoms with Gasteiger partial charge < -0.3 is 20.4 Å². The molecule has 0 aliphatic carbocycles. The SMILES string of the molecule is CC(C)C(C)CC(O)(O)C(C(O)O)C(C)(C)C. The zero-order chi connectivity index (χ0) is 14.0. The van der Waals surface area contributed by atoms with Crippen LogP contribution in [0.4, 0.5) is 0 Å². The first-order chi connectivity index (χ1) is 7.39. The second kappa shape index (κ2) is 5.65. The lowest BCUT2D eigenvalue weighted by molar-refractivity contribution is -0.285. The molecule has 4 nitrogen and oxygen atoms in total. The van der Waals surface area contributed by atoms with Crippen molar-refractivity contribution in [2.45, 2.75) is 60.0 Å². The van der Waals surface area contributed by atoms with Gasteiger partial charge >= 0.3 is 0 Å². The van der Waals surface area contributed by atoms with E-state index in [2.05, 4.69) is 0 Å². The highest BCUT2D eigenvalue weighted by atomic mass is 16.5. The second-order valence-electron chi connectivity index (χ2n) is 6.56. The maximum absolute atomic E-state index is 10.1. The first-order valence-corrected chi connectivity index (χ1v) is 6.20. The van der Waals surface area contributed by atoms with E-state index in [1.54, 1.807) is 20.8 Å². The maximum Gasteiger partial charge on any atom is 0.171 e. The monoisotopic (exact) mass is 248 g/mol. The summed E-state index contributed by atoms with van der Waals surface area (Å²) in [5.41, 5.74) is -0.603. The molecule has 0 heterocycles. The van der Waals surface area contributed by atoms with Gasteiger partial charge in [-0.2, -0.15) is 0 Å². The number of aliphatic hydroxyl groups is 4. The van der Waals surface area contributed by atoms with Crippen LogP contribution in [-0.2, 0) is 0 Å². The van der Waals surface area contributed by atoms with E-state index in [1.165, 1.54) is 0 Å². The fourth-order valence-corrected chi connectivity index (χ4v) is 2.22. The fraction of sp³-hybridized carbons (Fsp3) is 1.00. The Labute approximate surface area is 104 Å². The van der Waals surface area contributed by atoms with E-state index in [0.717, 1.165) is 0 Å². The summed E-state index contributed by atoms with van der Waals surface area (Å²) >= 11 is 0. The Balaban J connectivity index is 4.97. The normalized spacial score (nSPS) is 17.6. The van der Waals surface area contributed by atoms with Crippen LogP contribution in [0.5, 0.6) is 0 Å². The van der Waals surface area contributed by atoms with Crippen molar-refractivity contribution in [3.8, 4) is 0 Å². The van der Waals surface area contributed by atoms with Gasteiger partial charge in [-0.15, -0.1) is 0 Å². The van der Waals surface area contributed by atoms with Crippen LogP contribution in [0.25, 0.3) is 0 Å². The molecule has 0 spiro atoms. The van der Waals surface area contributed by atoms with E-state index in [-0.39, 0.29) is 12.3 Å². The number of hydrogen-bond donors (Lipinski definition) is 4. The van der Waals surface area contributed by atoms with Gasteiger partial charge in [0, 0.05) is 6.42 Å². The zero-order valence-corrected chi connectivity index (χ0v) is 11.8. The molecule has 0 aromatic rings. The lowest BCUT2D eigenvalue weighted by Crippen LogP contribution is -2.51. The fourth-order valence-electron chi connectivity index (χ4n) is 2.22. The molecule has 0 fully saturated rings. The predicted molar refractivity (Wildman–Crippen MR) is 67.0 cm³/mol. The van der Waals surface area contributed by atoms with E-state index in [9.17, 15) is 20.4 Å².